The lowest BCUT2D eigenvalue weighted by atomic mass is 10.1. The van der Waals surface area contributed by atoms with Gasteiger partial charge in [-0.15, -0.1) is 0 Å². The minimum atomic E-state index is 0.385. The molecule has 0 bridgehead atoms. The van der Waals surface area contributed by atoms with Crippen LogP contribution in [0.1, 0.15) is 25.3 Å². The molecule has 0 saturated carbocycles. The fourth-order valence-electron chi connectivity index (χ4n) is 1.74. The van der Waals surface area contributed by atoms with Crippen LogP contribution in [-0.2, 0) is 9.47 Å². The van der Waals surface area contributed by atoms with Gasteiger partial charge in [0.25, 0.3) is 0 Å². The molecule has 1 aromatic carbocycles. The Balaban J connectivity index is 1.62. The van der Waals surface area contributed by atoms with Gasteiger partial charge in [0.2, 0.25) is 0 Å². The van der Waals surface area contributed by atoms with Crippen molar-refractivity contribution < 1.29 is 9.47 Å². The van der Waals surface area contributed by atoms with Gasteiger partial charge in [-0.1, -0.05) is 42.0 Å². The lowest BCUT2D eigenvalue weighted by Crippen LogP contribution is -2.02. The summed E-state index contributed by atoms with van der Waals surface area (Å²) in [6.45, 7) is 4.66. The van der Waals surface area contributed by atoms with Gasteiger partial charge in [-0.05, 0) is 25.3 Å². The summed E-state index contributed by atoms with van der Waals surface area (Å²) in [5, 5.41) is 0. The molecule has 1 aromatic rings. The molecule has 0 aromatic heterocycles. The molecule has 1 saturated heterocycles. The number of hydrogen-bond acceptors (Lipinski definition) is 2. The second-order valence-corrected chi connectivity index (χ2v) is 4.54. The highest BCUT2D eigenvalue weighted by atomic mass is 16.6. The van der Waals surface area contributed by atoms with Crippen molar-refractivity contribution in [3.05, 3.63) is 41.5 Å². The van der Waals surface area contributed by atoms with E-state index < -0.39 is 0 Å². The Kier molecular flexibility index (Phi) is 4.77. The molecular weight excluding hydrogens is 212 g/mol. The first kappa shape index (κ1) is 12.3. The van der Waals surface area contributed by atoms with Gasteiger partial charge in [-0.3, -0.25) is 0 Å². The topological polar surface area (TPSA) is 21.8 Å². The number of ether oxygens (including phenoxy) is 2. The Morgan fingerprint density at radius 3 is 2.88 bits per heavy atom. The molecule has 1 atom stereocenters. The number of allylic oxidation sites excluding steroid dienone is 1. The van der Waals surface area contributed by atoms with Crippen LogP contribution in [0.15, 0.2) is 35.9 Å². The average Bonchev–Trinajstić information content (AvgIpc) is 3.14. The van der Waals surface area contributed by atoms with Crippen LogP contribution in [0.25, 0.3) is 6.08 Å². The number of epoxide rings is 1. The van der Waals surface area contributed by atoms with E-state index >= 15 is 0 Å². The first-order chi connectivity index (χ1) is 8.34. The standard InChI is InChI=1S/C15H20O2/c1-13(10-14-7-3-2-4-8-14)6-5-9-16-11-15-12-17-15/h2-4,7-8,10,15H,5-6,9,11-12H2,1H3. The third-order valence-electron chi connectivity index (χ3n) is 2.78. The molecule has 92 valence electrons. The molecule has 17 heavy (non-hydrogen) atoms. The summed E-state index contributed by atoms with van der Waals surface area (Å²) in [5.41, 5.74) is 2.68. The fourth-order valence-corrected chi connectivity index (χ4v) is 1.74. The highest BCUT2D eigenvalue weighted by Gasteiger charge is 2.21. The van der Waals surface area contributed by atoms with Gasteiger partial charge in [0.15, 0.2) is 0 Å². The zero-order valence-electron chi connectivity index (χ0n) is 10.4. The van der Waals surface area contributed by atoms with Crippen molar-refractivity contribution in [3.8, 4) is 0 Å². The van der Waals surface area contributed by atoms with Crippen molar-refractivity contribution in [2.24, 2.45) is 0 Å². The van der Waals surface area contributed by atoms with Crippen LogP contribution in [0.3, 0.4) is 0 Å². The van der Waals surface area contributed by atoms with Gasteiger partial charge in [-0.2, -0.15) is 0 Å². The Labute approximate surface area is 103 Å². The fraction of sp³-hybridized carbons (Fsp3) is 0.467. The number of hydrogen-bond donors (Lipinski definition) is 0. The molecule has 0 spiro atoms. The Hall–Kier alpha value is -1.12. The van der Waals surface area contributed by atoms with Crippen molar-refractivity contribution in [2.75, 3.05) is 19.8 Å². The number of benzene rings is 1. The van der Waals surface area contributed by atoms with E-state index in [1.54, 1.807) is 0 Å². The monoisotopic (exact) mass is 232 g/mol. The van der Waals surface area contributed by atoms with Crippen LogP contribution in [0.2, 0.25) is 0 Å². The lowest BCUT2D eigenvalue weighted by molar-refractivity contribution is 0.114. The van der Waals surface area contributed by atoms with Gasteiger partial charge in [-0.25, -0.2) is 0 Å². The second kappa shape index (κ2) is 6.58. The Morgan fingerprint density at radius 1 is 1.41 bits per heavy atom. The first-order valence-electron chi connectivity index (χ1n) is 6.26. The quantitative estimate of drug-likeness (QED) is 0.531. The summed E-state index contributed by atoms with van der Waals surface area (Å²) < 4.78 is 10.6. The van der Waals surface area contributed by atoms with Crippen molar-refractivity contribution in [3.63, 3.8) is 0 Å². The summed E-state index contributed by atoms with van der Waals surface area (Å²) >= 11 is 0. The highest BCUT2D eigenvalue weighted by molar-refractivity contribution is 5.51. The maximum Gasteiger partial charge on any atom is 0.104 e. The molecule has 2 nitrogen and oxygen atoms in total. The normalized spacial score (nSPS) is 19.4. The van der Waals surface area contributed by atoms with E-state index in [1.165, 1.54) is 11.1 Å². The van der Waals surface area contributed by atoms with E-state index in [-0.39, 0.29) is 0 Å². The molecule has 1 aliphatic heterocycles. The predicted molar refractivity (Wildman–Crippen MR) is 69.9 cm³/mol. The summed E-state index contributed by atoms with van der Waals surface area (Å²) in [6, 6.07) is 10.4. The lowest BCUT2D eigenvalue weighted by Gasteiger charge is -2.03. The van der Waals surface area contributed by atoms with Crippen molar-refractivity contribution >= 4 is 6.08 Å². The summed E-state index contributed by atoms with van der Waals surface area (Å²) in [4.78, 5) is 0. The van der Waals surface area contributed by atoms with Crippen molar-refractivity contribution in [1.82, 2.24) is 0 Å². The third-order valence-corrected chi connectivity index (χ3v) is 2.78. The van der Waals surface area contributed by atoms with E-state index in [4.69, 9.17) is 9.47 Å². The predicted octanol–water partition coefficient (Wildman–Crippen LogP) is 3.29. The zero-order valence-corrected chi connectivity index (χ0v) is 10.4. The SMILES string of the molecule is CC(=Cc1ccccc1)CCCOCC1CO1. The first-order valence-corrected chi connectivity index (χ1v) is 6.26. The number of rotatable bonds is 7. The van der Waals surface area contributed by atoms with Crippen molar-refractivity contribution in [1.29, 1.82) is 0 Å². The summed E-state index contributed by atoms with van der Waals surface area (Å²) in [7, 11) is 0. The van der Waals surface area contributed by atoms with E-state index in [9.17, 15) is 0 Å². The molecule has 0 N–H and O–H groups in total. The molecule has 0 radical (unpaired) electrons. The maximum atomic E-state index is 5.51. The summed E-state index contributed by atoms with van der Waals surface area (Å²) in [5.74, 6) is 0. The van der Waals surface area contributed by atoms with Crippen LogP contribution >= 0.6 is 0 Å². The average molecular weight is 232 g/mol. The zero-order chi connectivity index (χ0) is 11.9. The molecule has 1 heterocycles. The van der Waals surface area contributed by atoms with Gasteiger partial charge in [0.1, 0.15) is 6.10 Å². The second-order valence-electron chi connectivity index (χ2n) is 4.54. The largest absolute Gasteiger partial charge is 0.379 e. The van der Waals surface area contributed by atoms with Gasteiger partial charge in [0, 0.05) is 6.61 Å². The minimum Gasteiger partial charge on any atom is -0.379 e. The van der Waals surface area contributed by atoms with E-state index in [2.05, 4.69) is 37.3 Å². The van der Waals surface area contributed by atoms with Crippen LogP contribution in [0, 0.1) is 0 Å². The molecule has 2 rings (SSSR count). The minimum absolute atomic E-state index is 0.385. The Bertz CT molecular complexity index is 352. The molecule has 0 aliphatic carbocycles. The van der Waals surface area contributed by atoms with E-state index in [0.29, 0.717) is 6.10 Å². The van der Waals surface area contributed by atoms with Gasteiger partial charge in [0.05, 0.1) is 13.2 Å². The maximum absolute atomic E-state index is 5.51. The molecule has 1 unspecified atom stereocenters. The van der Waals surface area contributed by atoms with E-state index in [0.717, 1.165) is 32.7 Å². The Morgan fingerprint density at radius 2 is 2.18 bits per heavy atom. The van der Waals surface area contributed by atoms with Gasteiger partial charge < -0.3 is 9.47 Å². The van der Waals surface area contributed by atoms with Gasteiger partial charge >= 0.3 is 0 Å². The van der Waals surface area contributed by atoms with Crippen LogP contribution in [0.4, 0.5) is 0 Å². The van der Waals surface area contributed by atoms with Crippen LogP contribution in [-0.4, -0.2) is 25.9 Å². The molecule has 2 heteroatoms. The van der Waals surface area contributed by atoms with Crippen LogP contribution < -0.4 is 0 Å². The molecular formula is C15H20O2. The summed E-state index contributed by atoms with van der Waals surface area (Å²) in [6.07, 6.45) is 4.81. The molecule has 1 fully saturated rings. The van der Waals surface area contributed by atoms with Crippen molar-refractivity contribution in [2.45, 2.75) is 25.9 Å². The smallest absolute Gasteiger partial charge is 0.104 e. The highest BCUT2D eigenvalue weighted by Crippen LogP contribution is 2.12. The third kappa shape index (κ3) is 5.16. The van der Waals surface area contributed by atoms with Crippen LogP contribution in [0.5, 0.6) is 0 Å². The molecule has 0 amide bonds. The molecule has 1 aliphatic rings. The van der Waals surface area contributed by atoms with E-state index in [1.807, 2.05) is 6.07 Å².